The quantitative estimate of drug-likeness (QED) is 0.0913. The number of rotatable bonds is 15. The van der Waals surface area contributed by atoms with Crippen LogP contribution in [0.15, 0.2) is 33.4 Å². The Morgan fingerprint density at radius 1 is 0.256 bits per heavy atom. The van der Waals surface area contributed by atoms with Crippen LogP contribution < -0.4 is 0 Å². The van der Waals surface area contributed by atoms with E-state index in [-0.39, 0.29) is 58.4 Å². The average molecular weight is 689 g/mol. The summed E-state index contributed by atoms with van der Waals surface area (Å²) in [5.41, 5.74) is 8.18. The molecule has 0 unspecified atom stereocenters. The molecule has 210 valence electrons. The van der Waals surface area contributed by atoms with Crippen LogP contribution in [0.3, 0.4) is 0 Å². The third-order valence-electron chi connectivity index (χ3n) is 5.56. The van der Waals surface area contributed by atoms with Crippen molar-refractivity contribution in [1.29, 1.82) is 0 Å². The van der Waals surface area contributed by atoms with E-state index < -0.39 is 0 Å². The van der Waals surface area contributed by atoms with Gasteiger partial charge in [-0.05, 0) is 0 Å². The Kier molecular flexibility index (Phi) is 53.9. The Balaban J connectivity index is -0.000000101. The van der Waals surface area contributed by atoms with E-state index >= 15 is 0 Å². The van der Waals surface area contributed by atoms with E-state index in [2.05, 4.69) is 120 Å². The standard InChI is InChI=1S/3C12H20.3Zn/c3*1-5-9-11(7-3)12(8-4)10-6-2;;;/h3*5-8H2,1-4H3;;;/q3*-2;3*+2. The first-order chi connectivity index (χ1) is 17.4. The van der Waals surface area contributed by atoms with Gasteiger partial charge < -0.3 is 69.9 Å². The van der Waals surface area contributed by atoms with E-state index in [1.165, 1.54) is 33.4 Å². The minimum Gasteiger partial charge on any atom is -0.373 e. The third-order valence-corrected chi connectivity index (χ3v) is 5.56. The molecule has 0 spiro atoms. The van der Waals surface area contributed by atoms with E-state index in [1.54, 1.807) is 0 Å². The van der Waals surface area contributed by atoms with Gasteiger partial charge in [-0.3, -0.25) is 0 Å². The molecule has 3 heteroatoms. The number of allylic oxidation sites excluding steroid dienone is 12. The number of hydrogen-bond donors (Lipinski definition) is 0. The predicted octanol–water partition coefficient (Wildman–Crippen LogP) is 12.2. The Morgan fingerprint density at radius 2 is 0.359 bits per heavy atom. The van der Waals surface area contributed by atoms with Crippen LogP contribution in [0.4, 0.5) is 0 Å². The summed E-state index contributed by atoms with van der Waals surface area (Å²) < 4.78 is 0. The summed E-state index contributed by atoms with van der Waals surface area (Å²) in [6, 6.07) is 0. The van der Waals surface area contributed by atoms with Gasteiger partial charge in [-0.2, -0.15) is 0 Å². The fraction of sp³-hybridized carbons (Fsp3) is 0.667. The maximum absolute atomic E-state index is 3.39. The first-order valence-electron chi connectivity index (χ1n) is 15.0. The summed E-state index contributed by atoms with van der Waals surface area (Å²) in [5.74, 6) is 0. The molecule has 39 heavy (non-hydrogen) atoms. The van der Waals surface area contributed by atoms with Crippen molar-refractivity contribution in [3.05, 3.63) is 69.9 Å². The molecular weight excluding hydrogens is 629 g/mol. The topological polar surface area (TPSA) is 0 Å². The fourth-order valence-electron chi connectivity index (χ4n) is 3.95. The Morgan fingerprint density at radius 3 is 0.410 bits per heavy atom. The van der Waals surface area contributed by atoms with Gasteiger partial charge in [0.05, 0.1) is 0 Å². The monoisotopic (exact) mass is 684 g/mol. The molecule has 0 aromatic heterocycles. The van der Waals surface area contributed by atoms with Crippen molar-refractivity contribution in [3.63, 3.8) is 0 Å². The molecule has 0 aliphatic carbocycles. The summed E-state index contributed by atoms with van der Waals surface area (Å²) in [6.07, 6.45) is 32.9. The summed E-state index contributed by atoms with van der Waals surface area (Å²) in [5, 5.41) is 0. The van der Waals surface area contributed by atoms with Crippen LogP contribution in [-0.4, -0.2) is 0 Å². The molecule has 0 aromatic rings. The second-order valence-corrected chi connectivity index (χ2v) is 8.17. The van der Waals surface area contributed by atoms with E-state index in [4.69, 9.17) is 0 Å². The van der Waals surface area contributed by atoms with Crippen LogP contribution in [-0.2, 0) is 58.4 Å². The minimum absolute atomic E-state index is 0. The van der Waals surface area contributed by atoms with Gasteiger partial charge in [0.2, 0.25) is 0 Å². The van der Waals surface area contributed by atoms with Gasteiger partial charge in [0.1, 0.15) is 0 Å². The van der Waals surface area contributed by atoms with Gasteiger partial charge >= 0.3 is 58.4 Å². The zero-order chi connectivity index (χ0) is 28.2. The second kappa shape index (κ2) is 40.4. The zero-order valence-electron chi connectivity index (χ0n) is 28.6. The fourth-order valence-corrected chi connectivity index (χ4v) is 3.95. The summed E-state index contributed by atoms with van der Waals surface area (Å²) in [4.78, 5) is 0. The summed E-state index contributed by atoms with van der Waals surface area (Å²) >= 11 is 0. The smallest absolute Gasteiger partial charge is 0.373 e. The average Bonchev–Trinajstić information content (AvgIpc) is 2.90. The molecule has 0 aliphatic rings. The molecule has 0 amide bonds. The first kappa shape index (κ1) is 52.0. The van der Waals surface area contributed by atoms with Crippen LogP contribution in [0.25, 0.3) is 0 Å². The van der Waals surface area contributed by atoms with Crippen molar-refractivity contribution in [2.45, 2.75) is 160 Å². The molecule has 0 bridgehead atoms. The minimum atomic E-state index is 0. The van der Waals surface area contributed by atoms with E-state index in [0.717, 1.165) is 77.0 Å². The van der Waals surface area contributed by atoms with Gasteiger partial charge in [0.25, 0.3) is 0 Å². The van der Waals surface area contributed by atoms with Crippen LogP contribution in [0, 0.1) is 36.5 Å². The predicted molar refractivity (Wildman–Crippen MR) is 164 cm³/mol. The van der Waals surface area contributed by atoms with Crippen molar-refractivity contribution in [1.82, 2.24) is 0 Å². The first-order valence-corrected chi connectivity index (χ1v) is 15.0. The maximum Gasteiger partial charge on any atom is 2.00 e. The molecular formula is C36H60Zn3. The molecule has 0 aromatic carbocycles. The molecule has 0 saturated carbocycles. The van der Waals surface area contributed by atoms with Crippen molar-refractivity contribution in [2.75, 3.05) is 0 Å². The molecule has 0 rings (SSSR count). The Hall–Kier alpha value is 0.310. The SMILES string of the molecule is CC[C-]=C(CC)C(=[C-]CC)CC.CC[C-]=C(CC)C(=[C-]CC)CC.CC[C-]=C(CC)C(=[C-]CC)CC.[Zn+2].[Zn+2].[Zn+2]. The van der Waals surface area contributed by atoms with Crippen LogP contribution >= 0.6 is 0 Å². The molecule has 0 aliphatic heterocycles. The van der Waals surface area contributed by atoms with Crippen LogP contribution in [0.2, 0.25) is 0 Å². The van der Waals surface area contributed by atoms with Crippen molar-refractivity contribution < 1.29 is 58.4 Å². The molecule has 0 saturated heterocycles. The van der Waals surface area contributed by atoms with Crippen molar-refractivity contribution in [2.24, 2.45) is 0 Å². The largest absolute Gasteiger partial charge is 2.00 e. The summed E-state index contributed by atoms with van der Waals surface area (Å²) in [7, 11) is 0. The van der Waals surface area contributed by atoms with Gasteiger partial charge in [0.15, 0.2) is 0 Å². The molecule has 0 atom stereocenters. The van der Waals surface area contributed by atoms with Gasteiger partial charge in [-0.15, -0.1) is 77.0 Å². The maximum atomic E-state index is 3.39. The van der Waals surface area contributed by atoms with Crippen molar-refractivity contribution in [3.8, 4) is 0 Å². The van der Waals surface area contributed by atoms with Crippen molar-refractivity contribution >= 4 is 0 Å². The van der Waals surface area contributed by atoms with E-state index in [9.17, 15) is 0 Å². The van der Waals surface area contributed by atoms with Crippen LogP contribution in [0.5, 0.6) is 0 Å². The van der Waals surface area contributed by atoms with E-state index in [0.29, 0.717) is 0 Å². The molecule has 0 radical (unpaired) electrons. The number of hydrogen-bond acceptors (Lipinski definition) is 0. The zero-order valence-corrected chi connectivity index (χ0v) is 37.5. The second-order valence-electron chi connectivity index (χ2n) is 8.17. The Bertz CT molecular complexity index is 533. The van der Waals surface area contributed by atoms with E-state index in [1.807, 2.05) is 0 Å². The van der Waals surface area contributed by atoms with Gasteiger partial charge in [0, 0.05) is 0 Å². The molecule has 0 nitrogen and oxygen atoms in total. The van der Waals surface area contributed by atoms with Gasteiger partial charge in [-0.25, -0.2) is 0 Å². The molecule has 0 fully saturated rings. The molecule has 0 N–H and O–H groups in total. The summed E-state index contributed by atoms with van der Waals surface area (Å²) in [6.45, 7) is 25.9. The molecule has 0 heterocycles. The Labute approximate surface area is 286 Å². The van der Waals surface area contributed by atoms with Crippen LogP contribution in [0.1, 0.15) is 160 Å². The van der Waals surface area contributed by atoms with Gasteiger partial charge in [-0.1, -0.05) is 83.1 Å². The third kappa shape index (κ3) is 28.2. The normalized spacial score (nSPS) is 12.6.